The maximum atomic E-state index is 13.7. The number of hydrogen-bond acceptors (Lipinski definition) is 6. The van der Waals surface area contributed by atoms with Gasteiger partial charge in [-0.05, 0) is 47.9 Å². The van der Waals surface area contributed by atoms with Gasteiger partial charge in [0.25, 0.3) is 0 Å². The Morgan fingerprint density at radius 2 is 2.10 bits per heavy atom. The quantitative estimate of drug-likeness (QED) is 0.662. The third-order valence-corrected chi connectivity index (χ3v) is 4.72. The Morgan fingerprint density at radius 3 is 2.73 bits per heavy atom. The maximum absolute atomic E-state index is 13.7. The molecule has 0 saturated carbocycles. The first-order valence-electron chi connectivity index (χ1n) is 17.5. The van der Waals surface area contributed by atoms with Crippen LogP contribution in [0.5, 0.6) is 11.5 Å². The molecular formula is C24H38N2O4. The Labute approximate surface area is 203 Å². The second kappa shape index (κ2) is 9.56. The molecule has 6 heteroatoms. The predicted octanol–water partition coefficient (Wildman–Crippen LogP) is 3.56. The van der Waals surface area contributed by atoms with E-state index in [4.69, 9.17) is 36.4 Å². The summed E-state index contributed by atoms with van der Waals surface area (Å²) in [5.74, 6) is -10.3. The molecule has 30 heavy (non-hydrogen) atoms. The lowest BCUT2D eigenvalue weighted by Gasteiger charge is -2.47. The molecule has 0 aromatic heterocycles. The van der Waals surface area contributed by atoms with Crippen LogP contribution in [-0.2, 0) is 16.0 Å². The molecule has 0 radical (unpaired) electrons. The molecule has 1 aromatic rings. The second-order valence-corrected chi connectivity index (χ2v) is 7.37. The normalized spacial score (nSPS) is 43.2. The maximum Gasteiger partial charge on any atom is 0.323 e. The Balaban J connectivity index is 2.42. The van der Waals surface area contributed by atoms with E-state index in [0.717, 1.165) is 7.11 Å². The standard InChI is InChI=1S/C24H38N2O4/c1-14(2)9-17-13-26-8-7-16-10-21(28-5)22(29-6)11-18(16)19(26)12-20(17)30-24(27)23(25)15(3)4/h10-11,14-15,17,19-20,23H,7-9,12-13,25H2,1-6H3/t17?,19?,20?,23-/m0/s1/i3D3,4D3,10D,11D,12D2,13D2,15D,17D,19D,23D. The molecule has 1 saturated heterocycles. The van der Waals surface area contributed by atoms with E-state index in [9.17, 15) is 10.3 Å². The Bertz CT molecular complexity index is 1370. The third-order valence-electron chi connectivity index (χ3n) is 4.72. The summed E-state index contributed by atoms with van der Waals surface area (Å²) in [6.07, 6.45) is -6.85. The molecule has 2 heterocycles. The van der Waals surface area contributed by atoms with Gasteiger partial charge in [-0.15, -0.1) is 0 Å². The van der Waals surface area contributed by atoms with Crippen LogP contribution in [0.15, 0.2) is 12.1 Å². The molecule has 2 aliphatic rings. The first-order valence-corrected chi connectivity index (χ1v) is 9.52. The number of rotatable bonds is 7. The molecule has 6 nitrogen and oxygen atoms in total. The number of hydrogen-bond donors (Lipinski definition) is 1. The minimum atomic E-state index is -4.05. The van der Waals surface area contributed by atoms with Crippen molar-refractivity contribution < 1.29 is 40.9 Å². The van der Waals surface area contributed by atoms with Gasteiger partial charge in [-0.25, -0.2) is 0 Å². The minimum absolute atomic E-state index is 0.0800. The number of carbonyl (C=O) groups is 1. The largest absolute Gasteiger partial charge is 0.493 e. The molecular weight excluding hydrogens is 380 g/mol. The summed E-state index contributed by atoms with van der Waals surface area (Å²) in [7, 11) is 2.33. The summed E-state index contributed by atoms with van der Waals surface area (Å²) >= 11 is 0. The van der Waals surface area contributed by atoms with Crippen LogP contribution in [0.4, 0.5) is 0 Å². The molecule has 1 fully saturated rings. The molecule has 168 valence electrons. The monoisotopic (exact) mass is 434 g/mol. The van der Waals surface area contributed by atoms with Crippen molar-refractivity contribution in [3.8, 4) is 11.5 Å². The van der Waals surface area contributed by atoms with Crippen molar-refractivity contribution in [1.29, 1.82) is 0 Å². The molecule has 4 atom stereocenters. The smallest absolute Gasteiger partial charge is 0.323 e. The van der Waals surface area contributed by atoms with Crippen molar-refractivity contribution in [3.63, 3.8) is 0 Å². The lowest BCUT2D eigenvalue weighted by Crippen LogP contribution is -2.51. The Hall–Kier alpha value is -1.79. The highest BCUT2D eigenvalue weighted by Crippen LogP contribution is 2.44. The number of benzene rings is 1. The number of ether oxygens (including phenoxy) is 3. The van der Waals surface area contributed by atoms with Gasteiger partial charge >= 0.3 is 5.97 Å². The molecule has 0 aliphatic carbocycles. The van der Waals surface area contributed by atoms with Gasteiger partial charge in [0.15, 0.2) is 11.5 Å². The second-order valence-electron chi connectivity index (χ2n) is 7.37. The predicted molar refractivity (Wildman–Crippen MR) is 118 cm³/mol. The molecule has 3 rings (SSSR count). The highest BCUT2D eigenvalue weighted by molar-refractivity contribution is 5.76. The molecule has 3 unspecified atom stereocenters. The van der Waals surface area contributed by atoms with Gasteiger partial charge in [-0.1, -0.05) is 27.6 Å². The fourth-order valence-corrected chi connectivity index (χ4v) is 3.32. The lowest BCUT2D eigenvalue weighted by atomic mass is 9.79. The number of nitrogens with two attached hydrogens (primary N) is 1. The van der Waals surface area contributed by atoms with Crippen LogP contribution in [0, 0.1) is 17.7 Å². The van der Waals surface area contributed by atoms with E-state index in [2.05, 4.69) is 0 Å². The topological polar surface area (TPSA) is 74.0 Å². The first-order chi connectivity index (χ1) is 20.5. The number of fused-ring (bicyclic) bond motifs is 3. The van der Waals surface area contributed by atoms with Crippen molar-refractivity contribution in [3.05, 3.63) is 23.2 Å². The van der Waals surface area contributed by atoms with Crippen LogP contribution in [-0.4, -0.2) is 50.3 Å². The zero-order valence-corrected chi connectivity index (χ0v) is 17.4. The zero-order chi connectivity index (χ0) is 36.0. The molecule has 0 bridgehead atoms. The summed E-state index contributed by atoms with van der Waals surface area (Å²) in [6, 6.07) is -8.05. The van der Waals surface area contributed by atoms with Gasteiger partial charge in [-0.3, -0.25) is 9.69 Å². The van der Waals surface area contributed by atoms with E-state index in [0.29, 0.717) is 4.90 Å². The number of methoxy groups -OCH3 is 2. The van der Waals surface area contributed by atoms with E-state index >= 15 is 0 Å². The molecule has 0 spiro atoms. The van der Waals surface area contributed by atoms with Crippen LogP contribution in [0.3, 0.4) is 0 Å². The van der Waals surface area contributed by atoms with Crippen LogP contribution < -0.4 is 15.2 Å². The fraction of sp³-hybridized carbons (Fsp3) is 0.708. The number of carbonyl (C=O) groups excluding carboxylic acids is 1. The van der Waals surface area contributed by atoms with Crippen molar-refractivity contribution in [2.75, 3.05) is 27.3 Å². The highest BCUT2D eigenvalue weighted by Gasteiger charge is 2.41. The van der Waals surface area contributed by atoms with Crippen molar-refractivity contribution in [2.24, 2.45) is 23.4 Å². The van der Waals surface area contributed by atoms with E-state index < -0.39 is 93.0 Å². The van der Waals surface area contributed by atoms with E-state index in [-0.39, 0.29) is 29.5 Å². The SMILES string of the molecule is [2H]c1c2c(c([2H])c(OC)c1OC)C1([2H])N(CC2)C([2H])([2H])C([2H])(CC(C)C)C(OC(=O)[C@@]([2H])(N)C([2H])(C([2H])([2H])[2H])C([2H])([2H])[2H])C1([2H])[2H]. The number of esters is 1. The van der Waals surface area contributed by atoms with Gasteiger partial charge in [0.1, 0.15) is 12.1 Å². The zero-order valence-electron chi connectivity index (χ0n) is 33.4. The van der Waals surface area contributed by atoms with Crippen LogP contribution in [0.1, 0.15) is 79.4 Å². The molecule has 1 aromatic carbocycles. The summed E-state index contributed by atoms with van der Waals surface area (Å²) in [6.45, 7) is -8.22. The minimum Gasteiger partial charge on any atom is -0.493 e. The molecule has 0 amide bonds. The summed E-state index contributed by atoms with van der Waals surface area (Å²) in [5.41, 5.74) is 5.07. The summed E-state index contributed by atoms with van der Waals surface area (Å²) in [4.78, 5) is 14.4. The van der Waals surface area contributed by atoms with E-state index in [1.807, 2.05) is 0 Å². The number of piperidine rings is 1. The van der Waals surface area contributed by atoms with Crippen LogP contribution in [0.25, 0.3) is 0 Å². The van der Waals surface area contributed by atoms with Gasteiger partial charge < -0.3 is 19.9 Å². The van der Waals surface area contributed by atoms with E-state index in [1.165, 1.54) is 7.11 Å². The molecule has 2 N–H and O–H groups in total. The van der Waals surface area contributed by atoms with Gasteiger partial charge in [0, 0.05) is 47.8 Å². The van der Waals surface area contributed by atoms with Gasteiger partial charge in [0.05, 0.1) is 19.7 Å². The molecule has 2 aliphatic heterocycles. The first kappa shape index (κ1) is 9.78. The van der Waals surface area contributed by atoms with Gasteiger partial charge in [0.2, 0.25) is 0 Å². The third kappa shape index (κ3) is 4.75. The lowest BCUT2D eigenvalue weighted by molar-refractivity contribution is -0.160. The summed E-state index contributed by atoms with van der Waals surface area (Å²) in [5, 5.41) is 0. The highest BCUT2D eigenvalue weighted by atomic mass is 16.5. The van der Waals surface area contributed by atoms with Crippen molar-refractivity contribution in [1.82, 2.24) is 4.90 Å². The fourth-order valence-electron chi connectivity index (χ4n) is 3.32. The van der Waals surface area contributed by atoms with Crippen LogP contribution >= 0.6 is 0 Å². The van der Waals surface area contributed by atoms with Crippen molar-refractivity contribution in [2.45, 2.75) is 64.9 Å². The Morgan fingerprint density at radius 1 is 1.40 bits per heavy atom. The Kier molecular flexibility index (Phi) is 3.12. The summed E-state index contributed by atoms with van der Waals surface area (Å²) < 4.78 is 152. The number of nitrogens with zero attached hydrogens (tertiary/aromatic N) is 1. The van der Waals surface area contributed by atoms with Gasteiger partial charge in [-0.2, -0.15) is 0 Å². The van der Waals surface area contributed by atoms with E-state index in [1.54, 1.807) is 13.8 Å². The van der Waals surface area contributed by atoms with Crippen molar-refractivity contribution >= 4 is 5.97 Å². The average molecular weight is 435 g/mol. The average Bonchev–Trinajstić information content (AvgIpc) is 2.89. The van der Waals surface area contributed by atoms with Crippen LogP contribution in [0.2, 0.25) is 0 Å².